The molecule has 18 heavy (non-hydrogen) atoms. The minimum Gasteiger partial charge on any atom is -0.396 e. The molecule has 0 aliphatic carbocycles. The van der Waals surface area contributed by atoms with Gasteiger partial charge in [0.05, 0.1) is 0 Å². The maximum absolute atomic E-state index is 12.4. The van der Waals surface area contributed by atoms with Gasteiger partial charge in [-0.25, -0.2) is 0 Å². The summed E-state index contributed by atoms with van der Waals surface area (Å²) in [5.41, 5.74) is 0.770. The normalized spacial score (nSPS) is 19.2. The largest absolute Gasteiger partial charge is 0.396 e. The molecule has 3 nitrogen and oxygen atoms in total. The number of hydrogen-bond acceptors (Lipinski definition) is 2. The molecule has 1 fully saturated rings. The first kappa shape index (κ1) is 13.8. The van der Waals surface area contributed by atoms with Gasteiger partial charge < -0.3 is 10.0 Å². The number of carbonyl (C=O) groups excluding carboxylic acids is 1. The molecule has 1 saturated heterocycles. The quantitative estimate of drug-likeness (QED) is 0.840. The second-order valence-corrected chi connectivity index (χ2v) is 5.91. The fourth-order valence-electron chi connectivity index (χ4n) is 2.49. The highest BCUT2D eigenvalue weighted by atomic mass is 127. The Hall–Kier alpha value is -0.620. The molecule has 1 aliphatic heterocycles. The number of aliphatic hydroxyl groups excluding tert-OH is 1. The molecule has 1 N–H and O–H groups in total. The summed E-state index contributed by atoms with van der Waals surface area (Å²) in [5.74, 6) is 0.131. The van der Waals surface area contributed by atoms with E-state index >= 15 is 0 Å². The van der Waals surface area contributed by atoms with Crippen molar-refractivity contribution in [3.63, 3.8) is 0 Å². The second-order valence-electron chi connectivity index (χ2n) is 4.67. The number of hydrogen-bond donors (Lipinski definition) is 1. The molecule has 1 atom stereocenters. The van der Waals surface area contributed by atoms with Gasteiger partial charge in [0.1, 0.15) is 0 Å². The van der Waals surface area contributed by atoms with Gasteiger partial charge in [-0.3, -0.25) is 4.79 Å². The Balaban J connectivity index is 2.05. The van der Waals surface area contributed by atoms with E-state index in [-0.39, 0.29) is 12.5 Å². The van der Waals surface area contributed by atoms with E-state index in [1.54, 1.807) is 0 Å². The maximum Gasteiger partial charge on any atom is 0.254 e. The van der Waals surface area contributed by atoms with E-state index in [2.05, 4.69) is 22.6 Å². The molecule has 1 aliphatic rings. The molecule has 0 radical (unpaired) electrons. The Labute approximate surface area is 121 Å². The topological polar surface area (TPSA) is 40.5 Å². The molecule has 1 heterocycles. The first-order valence-electron chi connectivity index (χ1n) is 6.40. The zero-order chi connectivity index (χ0) is 13.0. The van der Waals surface area contributed by atoms with Crippen molar-refractivity contribution in [2.75, 3.05) is 13.2 Å². The van der Waals surface area contributed by atoms with Crippen LogP contribution in [0.5, 0.6) is 0 Å². The number of likely N-dealkylation sites (tertiary alicyclic amines) is 1. The van der Waals surface area contributed by atoms with Crippen LogP contribution in [0.4, 0.5) is 0 Å². The summed E-state index contributed by atoms with van der Waals surface area (Å²) in [6.07, 6.45) is 3.83. The fraction of sp³-hybridized carbons (Fsp3) is 0.500. The molecule has 2 rings (SSSR count). The van der Waals surface area contributed by atoms with Gasteiger partial charge in [0.15, 0.2) is 0 Å². The Morgan fingerprint density at radius 1 is 1.39 bits per heavy atom. The van der Waals surface area contributed by atoms with Crippen LogP contribution in [0.3, 0.4) is 0 Å². The van der Waals surface area contributed by atoms with Crippen LogP contribution in [0.2, 0.25) is 0 Å². The van der Waals surface area contributed by atoms with E-state index < -0.39 is 0 Å². The molecule has 98 valence electrons. The van der Waals surface area contributed by atoms with Crippen molar-refractivity contribution in [1.29, 1.82) is 0 Å². The monoisotopic (exact) mass is 359 g/mol. The molecular weight excluding hydrogens is 341 g/mol. The number of nitrogens with zero attached hydrogens (tertiary/aromatic N) is 1. The van der Waals surface area contributed by atoms with E-state index in [9.17, 15) is 4.79 Å². The van der Waals surface area contributed by atoms with Gasteiger partial charge in [-0.05, 0) is 72.5 Å². The van der Waals surface area contributed by atoms with Crippen LogP contribution < -0.4 is 0 Å². The molecule has 4 heteroatoms. The Morgan fingerprint density at radius 2 is 2.11 bits per heavy atom. The number of rotatable bonds is 4. The van der Waals surface area contributed by atoms with Crippen LogP contribution in [0.15, 0.2) is 24.3 Å². The smallest absolute Gasteiger partial charge is 0.254 e. The second kappa shape index (κ2) is 6.52. The standard InChI is InChI=1S/C14H18INO2/c15-12-7-5-11(6-8-12)14(18)16-9-1-3-13(16)4-2-10-17/h5-8,13,17H,1-4,9-10H2. The molecule has 0 spiro atoms. The third kappa shape index (κ3) is 3.23. The predicted molar refractivity (Wildman–Crippen MR) is 79.5 cm³/mol. The van der Waals surface area contributed by atoms with Crippen molar-refractivity contribution >= 4 is 28.5 Å². The number of carbonyl (C=O) groups is 1. The maximum atomic E-state index is 12.4. The zero-order valence-electron chi connectivity index (χ0n) is 10.3. The van der Waals surface area contributed by atoms with Crippen LogP contribution in [0.25, 0.3) is 0 Å². The lowest BCUT2D eigenvalue weighted by molar-refractivity contribution is 0.0724. The SMILES string of the molecule is O=C(c1ccc(I)cc1)N1CCCC1CCCO. The summed E-state index contributed by atoms with van der Waals surface area (Å²) in [4.78, 5) is 14.4. The van der Waals surface area contributed by atoms with Gasteiger partial charge in [-0.1, -0.05) is 0 Å². The first-order valence-corrected chi connectivity index (χ1v) is 7.47. The van der Waals surface area contributed by atoms with Crippen molar-refractivity contribution in [3.05, 3.63) is 33.4 Å². The third-order valence-electron chi connectivity index (χ3n) is 3.42. The minimum atomic E-state index is 0.131. The van der Waals surface area contributed by atoms with E-state index in [4.69, 9.17) is 5.11 Å². The van der Waals surface area contributed by atoms with Gasteiger partial charge in [0.25, 0.3) is 5.91 Å². The highest BCUT2D eigenvalue weighted by Gasteiger charge is 2.28. The van der Waals surface area contributed by atoms with Gasteiger partial charge in [-0.2, -0.15) is 0 Å². The zero-order valence-corrected chi connectivity index (χ0v) is 12.5. The van der Waals surface area contributed by atoms with Crippen molar-refractivity contribution < 1.29 is 9.90 Å². The van der Waals surface area contributed by atoms with Crippen LogP contribution in [-0.2, 0) is 0 Å². The lowest BCUT2D eigenvalue weighted by Crippen LogP contribution is -2.35. The average molecular weight is 359 g/mol. The molecular formula is C14H18INO2. The Morgan fingerprint density at radius 3 is 2.78 bits per heavy atom. The Kier molecular flexibility index (Phi) is 5.00. The van der Waals surface area contributed by atoms with E-state index in [0.29, 0.717) is 6.04 Å². The third-order valence-corrected chi connectivity index (χ3v) is 4.14. The summed E-state index contributed by atoms with van der Waals surface area (Å²) in [6.45, 7) is 1.06. The molecule has 1 aromatic rings. The summed E-state index contributed by atoms with van der Waals surface area (Å²) >= 11 is 2.24. The molecule has 1 unspecified atom stereocenters. The van der Waals surface area contributed by atoms with Crippen LogP contribution in [-0.4, -0.2) is 35.1 Å². The summed E-state index contributed by atoms with van der Waals surface area (Å²) in [6, 6.07) is 8.03. The van der Waals surface area contributed by atoms with E-state index in [1.807, 2.05) is 29.2 Å². The van der Waals surface area contributed by atoms with Crippen molar-refractivity contribution in [3.8, 4) is 0 Å². The number of aliphatic hydroxyl groups is 1. The van der Waals surface area contributed by atoms with Gasteiger partial charge in [0.2, 0.25) is 0 Å². The first-order chi connectivity index (χ1) is 8.72. The highest BCUT2D eigenvalue weighted by Crippen LogP contribution is 2.23. The van der Waals surface area contributed by atoms with Gasteiger partial charge in [-0.15, -0.1) is 0 Å². The fourth-order valence-corrected chi connectivity index (χ4v) is 2.85. The Bertz CT molecular complexity index is 405. The number of halogens is 1. The summed E-state index contributed by atoms with van der Waals surface area (Å²) < 4.78 is 1.14. The molecule has 0 saturated carbocycles. The van der Waals surface area contributed by atoms with Crippen molar-refractivity contribution in [2.45, 2.75) is 31.7 Å². The molecule has 1 amide bonds. The lowest BCUT2D eigenvalue weighted by Gasteiger charge is -2.24. The van der Waals surface area contributed by atoms with E-state index in [0.717, 1.165) is 41.4 Å². The number of amides is 1. The summed E-state index contributed by atoms with van der Waals surface area (Å²) in [7, 11) is 0. The van der Waals surface area contributed by atoms with Crippen molar-refractivity contribution in [1.82, 2.24) is 4.90 Å². The average Bonchev–Trinajstić information content (AvgIpc) is 2.84. The summed E-state index contributed by atoms with van der Waals surface area (Å²) in [5, 5.41) is 8.89. The lowest BCUT2D eigenvalue weighted by atomic mass is 10.1. The predicted octanol–water partition coefficient (Wildman–Crippen LogP) is 2.67. The number of benzene rings is 1. The van der Waals surface area contributed by atoms with Crippen LogP contribution in [0, 0.1) is 3.57 Å². The molecule has 0 bridgehead atoms. The minimum absolute atomic E-state index is 0.131. The van der Waals surface area contributed by atoms with Gasteiger partial charge >= 0.3 is 0 Å². The van der Waals surface area contributed by atoms with Crippen LogP contribution >= 0.6 is 22.6 Å². The van der Waals surface area contributed by atoms with Crippen LogP contribution in [0.1, 0.15) is 36.0 Å². The van der Waals surface area contributed by atoms with Crippen molar-refractivity contribution in [2.24, 2.45) is 0 Å². The molecule has 0 aromatic heterocycles. The van der Waals surface area contributed by atoms with E-state index in [1.165, 1.54) is 0 Å². The highest BCUT2D eigenvalue weighted by molar-refractivity contribution is 14.1. The molecule has 1 aromatic carbocycles. The van der Waals surface area contributed by atoms with Gasteiger partial charge in [0, 0.05) is 28.3 Å².